The summed E-state index contributed by atoms with van der Waals surface area (Å²) in [4.78, 5) is 26.0. The Morgan fingerprint density at radius 1 is 1.14 bits per heavy atom. The summed E-state index contributed by atoms with van der Waals surface area (Å²) in [7, 11) is 3.02. The Hall–Kier alpha value is -3.09. The third-order valence-electron chi connectivity index (χ3n) is 3.82. The van der Waals surface area contributed by atoms with Crippen molar-refractivity contribution in [2.45, 2.75) is 13.8 Å². The molecule has 0 aromatic heterocycles. The Kier molecular flexibility index (Phi) is 7.37. The van der Waals surface area contributed by atoms with Crippen molar-refractivity contribution in [2.24, 2.45) is 5.92 Å². The number of benzene rings is 2. The van der Waals surface area contributed by atoms with Gasteiger partial charge in [0.25, 0.3) is 5.91 Å². The summed E-state index contributed by atoms with van der Waals surface area (Å²) < 4.78 is 24.2. The van der Waals surface area contributed by atoms with Gasteiger partial charge in [0.2, 0.25) is 5.91 Å². The normalized spacial score (nSPS) is 10.5. The van der Waals surface area contributed by atoms with E-state index in [9.17, 15) is 14.0 Å². The molecule has 1 N–H and O–H groups in total. The zero-order chi connectivity index (χ0) is 20.7. The maximum Gasteiger partial charge on any atom is 0.254 e. The van der Waals surface area contributed by atoms with Crippen LogP contribution in [-0.4, -0.2) is 44.0 Å². The number of anilines is 1. The van der Waals surface area contributed by atoms with Crippen molar-refractivity contribution in [1.82, 2.24) is 4.90 Å². The molecule has 0 spiro atoms. The summed E-state index contributed by atoms with van der Waals surface area (Å²) in [5.74, 6) is 0.139. The van der Waals surface area contributed by atoms with E-state index >= 15 is 0 Å². The van der Waals surface area contributed by atoms with Crippen LogP contribution in [0, 0.1) is 11.7 Å². The number of nitrogens with one attached hydrogen (secondary N) is 1. The first kappa shape index (κ1) is 21.2. The van der Waals surface area contributed by atoms with Gasteiger partial charge in [0.15, 0.2) is 11.5 Å². The second-order valence-corrected chi connectivity index (χ2v) is 6.79. The summed E-state index contributed by atoms with van der Waals surface area (Å²) in [5.41, 5.74) is 0.703. The zero-order valence-corrected chi connectivity index (χ0v) is 16.5. The van der Waals surface area contributed by atoms with E-state index in [0.29, 0.717) is 35.3 Å². The van der Waals surface area contributed by atoms with Crippen LogP contribution >= 0.6 is 0 Å². The molecule has 2 aromatic carbocycles. The van der Waals surface area contributed by atoms with Crippen LogP contribution in [0.15, 0.2) is 42.5 Å². The van der Waals surface area contributed by atoms with E-state index in [1.807, 2.05) is 13.8 Å². The van der Waals surface area contributed by atoms with Crippen LogP contribution in [0.3, 0.4) is 0 Å². The lowest BCUT2D eigenvalue weighted by Gasteiger charge is -2.18. The smallest absolute Gasteiger partial charge is 0.254 e. The number of carbonyl (C=O) groups is 2. The van der Waals surface area contributed by atoms with Gasteiger partial charge in [-0.05, 0) is 42.3 Å². The Morgan fingerprint density at radius 2 is 1.89 bits per heavy atom. The van der Waals surface area contributed by atoms with Crippen molar-refractivity contribution in [1.29, 1.82) is 0 Å². The minimum absolute atomic E-state index is 0.177. The molecular formula is C21H25FN2O4. The number of hydrogen-bond donors (Lipinski definition) is 1. The number of rotatable bonds is 8. The molecule has 2 aromatic rings. The molecule has 0 atom stereocenters. The van der Waals surface area contributed by atoms with Crippen LogP contribution in [0.25, 0.3) is 0 Å². The molecule has 0 radical (unpaired) electrons. The summed E-state index contributed by atoms with van der Waals surface area (Å²) >= 11 is 0. The van der Waals surface area contributed by atoms with Gasteiger partial charge in [-0.3, -0.25) is 9.59 Å². The molecule has 6 nitrogen and oxygen atoms in total. The minimum Gasteiger partial charge on any atom is -0.493 e. The number of halogens is 1. The van der Waals surface area contributed by atoms with Gasteiger partial charge in [0.05, 0.1) is 20.3 Å². The number of carbonyl (C=O) groups excluding carboxylic acids is 2. The Bertz CT molecular complexity index is 839. The summed E-state index contributed by atoms with van der Waals surface area (Å²) in [6.45, 7) is 4.43. The molecule has 0 saturated heterocycles. The standard InChI is InChI=1S/C21H25FN2O4/c1-14(2)13-28-18-9-8-15(10-19(18)27-4)21(26)24(3)12-20(25)23-17-7-5-6-16(22)11-17/h5-11,14H,12-13H2,1-4H3,(H,23,25). The molecule has 0 saturated carbocycles. The average molecular weight is 388 g/mol. The fraction of sp³-hybridized carbons (Fsp3) is 0.333. The largest absolute Gasteiger partial charge is 0.493 e. The first-order valence-electron chi connectivity index (χ1n) is 8.92. The second kappa shape index (κ2) is 9.73. The van der Waals surface area contributed by atoms with E-state index in [4.69, 9.17) is 9.47 Å². The summed E-state index contributed by atoms with van der Waals surface area (Å²) in [5, 5.41) is 2.56. The first-order chi connectivity index (χ1) is 13.3. The van der Waals surface area contributed by atoms with E-state index in [2.05, 4.69) is 5.32 Å². The maximum absolute atomic E-state index is 13.2. The van der Waals surface area contributed by atoms with Gasteiger partial charge in [-0.1, -0.05) is 19.9 Å². The van der Waals surface area contributed by atoms with E-state index in [1.54, 1.807) is 24.3 Å². The molecule has 0 aliphatic carbocycles. The van der Waals surface area contributed by atoms with Gasteiger partial charge in [0.1, 0.15) is 5.82 Å². The fourth-order valence-corrected chi connectivity index (χ4v) is 2.45. The predicted molar refractivity (Wildman–Crippen MR) is 105 cm³/mol. The quantitative estimate of drug-likeness (QED) is 0.751. The number of methoxy groups -OCH3 is 1. The molecule has 28 heavy (non-hydrogen) atoms. The predicted octanol–water partition coefficient (Wildman–Crippen LogP) is 3.58. The molecule has 0 aliphatic heterocycles. The molecule has 0 fully saturated rings. The minimum atomic E-state index is -0.450. The Balaban J connectivity index is 2.02. The maximum atomic E-state index is 13.2. The van der Waals surface area contributed by atoms with Gasteiger partial charge >= 0.3 is 0 Å². The Morgan fingerprint density at radius 3 is 2.54 bits per heavy atom. The number of nitrogens with zero attached hydrogens (tertiary/aromatic N) is 1. The van der Waals surface area contributed by atoms with Crippen LogP contribution in [-0.2, 0) is 4.79 Å². The van der Waals surface area contributed by atoms with Crippen LogP contribution in [0.2, 0.25) is 0 Å². The topological polar surface area (TPSA) is 67.9 Å². The third-order valence-corrected chi connectivity index (χ3v) is 3.82. The lowest BCUT2D eigenvalue weighted by molar-refractivity contribution is -0.116. The lowest BCUT2D eigenvalue weighted by atomic mass is 10.1. The zero-order valence-electron chi connectivity index (χ0n) is 16.5. The molecule has 0 bridgehead atoms. The molecular weight excluding hydrogens is 363 g/mol. The van der Waals surface area contributed by atoms with E-state index < -0.39 is 11.7 Å². The van der Waals surface area contributed by atoms with Crippen LogP contribution in [0.4, 0.5) is 10.1 Å². The molecule has 2 rings (SSSR count). The van der Waals surface area contributed by atoms with Gasteiger partial charge < -0.3 is 19.7 Å². The van der Waals surface area contributed by atoms with Crippen molar-refractivity contribution in [3.05, 3.63) is 53.8 Å². The summed E-state index contributed by atoms with van der Waals surface area (Å²) in [6.07, 6.45) is 0. The van der Waals surface area contributed by atoms with Crippen molar-refractivity contribution >= 4 is 17.5 Å². The second-order valence-electron chi connectivity index (χ2n) is 6.79. The van der Waals surface area contributed by atoms with E-state index in [1.165, 1.54) is 37.3 Å². The first-order valence-corrected chi connectivity index (χ1v) is 8.92. The van der Waals surface area contributed by atoms with E-state index in [-0.39, 0.29) is 12.5 Å². The number of likely N-dealkylation sites (N-methyl/N-ethyl adjacent to an activating group) is 1. The SMILES string of the molecule is COc1cc(C(=O)N(C)CC(=O)Nc2cccc(F)c2)ccc1OCC(C)C. The van der Waals surface area contributed by atoms with Gasteiger partial charge in [-0.15, -0.1) is 0 Å². The molecule has 150 valence electrons. The highest BCUT2D eigenvalue weighted by atomic mass is 19.1. The molecule has 0 unspecified atom stereocenters. The van der Waals surface area contributed by atoms with Gasteiger partial charge in [-0.2, -0.15) is 0 Å². The van der Waals surface area contributed by atoms with Gasteiger partial charge in [-0.25, -0.2) is 4.39 Å². The highest BCUT2D eigenvalue weighted by molar-refractivity contribution is 5.99. The van der Waals surface area contributed by atoms with E-state index in [0.717, 1.165) is 0 Å². The molecule has 0 aliphatic rings. The van der Waals surface area contributed by atoms with Crippen molar-refractivity contribution in [3.63, 3.8) is 0 Å². The van der Waals surface area contributed by atoms with Crippen molar-refractivity contribution in [3.8, 4) is 11.5 Å². The molecule has 2 amide bonds. The highest BCUT2D eigenvalue weighted by Gasteiger charge is 2.17. The number of ether oxygens (including phenoxy) is 2. The number of amides is 2. The van der Waals surface area contributed by atoms with Crippen LogP contribution < -0.4 is 14.8 Å². The lowest BCUT2D eigenvalue weighted by Crippen LogP contribution is -2.34. The Labute approximate surface area is 164 Å². The average Bonchev–Trinajstić information content (AvgIpc) is 2.65. The van der Waals surface area contributed by atoms with Crippen molar-refractivity contribution < 1.29 is 23.5 Å². The molecule has 0 heterocycles. The van der Waals surface area contributed by atoms with Crippen molar-refractivity contribution in [2.75, 3.05) is 32.6 Å². The third kappa shape index (κ3) is 5.97. The van der Waals surface area contributed by atoms with Gasteiger partial charge in [0, 0.05) is 18.3 Å². The number of hydrogen-bond acceptors (Lipinski definition) is 4. The van der Waals surface area contributed by atoms with Crippen LogP contribution in [0.1, 0.15) is 24.2 Å². The van der Waals surface area contributed by atoms with Crippen LogP contribution in [0.5, 0.6) is 11.5 Å². The molecule has 7 heteroatoms. The highest BCUT2D eigenvalue weighted by Crippen LogP contribution is 2.29. The monoisotopic (exact) mass is 388 g/mol. The fourth-order valence-electron chi connectivity index (χ4n) is 2.45. The summed E-state index contributed by atoms with van der Waals surface area (Å²) in [6, 6.07) is 10.4.